The lowest BCUT2D eigenvalue weighted by atomic mass is 10.4. The number of nitrogens with one attached hydrogen (secondary N) is 2. The van der Waals surface area contributed by atoms with Gasteiger partial charge in [0.15, 0.2) is 0 Å². The average Bonchev–Trinajstić information content (AvgIpc) is 2.92. The van der Waals surface area contributed by atoms with Crippen molar-refractivity contribution in [1.82, 2.24) is 15.0 Å². The number of nitriles is 1. The third-order valence-corrected chi connectivity index (χ3v) is 2.66. The Kier molecular flexibility index (Phi) is 4.34. The van der Waals surface area contributed by atoms with Crippen molar-refractivity contribution in [2.24, 2.45) is 0 Å². The molecule has 19 heavy (non-hydrogen) atoms. The van der Waals surface area contributed by atoms with Gasteiger partial charge in [0, 0.05) is 31.5 Å². The molecule has 0 aromatic carbocycles. The third-order valence-electron chi connectivity index (χ3n) is 2.66. The quantitative estimate of drug-likeness (QED) is 0.770. The predicted octanol–water partition coefficient (Wildman–Crippen LogP) is 1.77. The molecule has 0 unspecified atom stereocenters. The average molecular weight is 256 g/mol. The lowest BCUT2D eigenvalue weighted by molar-refractivity contribution is 0.868. The third kappa shape index (κ3) is 3.71. The summed E-state index contributed by atoms with van der Waals surface area (Å²) in [6.07, 6.45) is 3.88. The van der Waals surface area contributed by atoms with Gasteiger partial charge in [-0.25, -0.2) is 9.97 Å². The van der Waals surface area contributed by atoms with Crippen molar-refractivity contribution in [2.75, 3.05) is 23.8 Å². The Labute approximate surface area is 112 Å². The number of aromatic nitrogens is 3. The van der Waals surface area contributed by atoms with E-state index in [1.807, 2.05) is 36.3 Å². The molecule has 6 nitrogen and oxygen atoms in total. The van der Waals surface area contributed by atoms with Gasteiger partial charge >= 0.3 is 0 Å². The Bertz CT molecular complexity index is 543. The fraction of sp³-hybridized carbons (Fsp3) is 0.308. The van der Waals surface area contributed by atoms with Gasteiger partial charge in [-0.15, -0.1) is 0 Å². The molecule has 0 aliphatic rings. The Hall–Kier alpha value is -2.55. The van der Waals surface area contributed by atoms with Crippen molar-refractivity contribution in [3.05, 3.63) is 36.4 Å². The van der Waals surface area contributed by atoms with Gasteiger partial charge in [0.1, 0.15) is 18.0 Å². The first-order valence-corrected chi connectivity index (χ1v) is 6.06. The SMILES string of the molecule is CN(Cc1ccc[nH]1)c1cc(NCCC#N)ncn1. The van der Waals surface area contributed by atoms with Gasteiger partial charge in [0.25, 0.3) is 0 Å². The minimum Gasteiger partial charge on any atom is -0.369 e. The van der Waals surface area contributed by atoms with Gasteiger partial charge < -0.3 is 15.2 Å². The smallest absolute Gasteiger partial charge is 0.134 e. The molecule has 2 rings (SSSR count). The molecule has 0 spiro atoms. The lowest BCUT2D eigenvalue weighted by Crippen LogP contribution is -2.18. The molecule has 0 aliphatic heterocycles. The maximum atomic E-state index is 8.50. The van der Waals surface area contributed by atoms with Gasteiger partial charge in [-0.3, -0.25) is 0 Å². The van der Waals surface area contributed by atoms with E-state index in [4.69, 9.17) is 5.26 Å². The highest BCUT2D eigenvalue weighted by Gasteiger charge is 2.05. The first-order valence-electron chi connectivity index (χ1n) is 6.06. The molecule has 0 atom stereocenters. The summed E-state index contributed by atoms with van der Waals surface area (Å²) in [5.41, 5.74) is 1.13. The second-order valence-corrected chi connectivity index (χ2v) is 4.15. The molecular formula is C13H16N6. The van der Waals surface area contributed by atoms with Gasteiger partial charge in [-0.2, -0.15) is 5.26 Å². The maximum absolute atomic E-state index is 8.50. The Morgan fingerprint density at radius 3 is 3.11 bits per heavy atom. The number of aromatic amines is 1. The molecule has 0 amide bonds. The van der Waals surface area contributed by atoms with E-state index in [0.717, 1.165) is 23.9 Å². The van der Waals surface area contributed by atoms with E-state index in [-0.39, 0.29) is 0 Å². The molecule has 0 bridgehead atoms. The Morgan fingerprint density at radius 2 is 2.37 bits per heavy atom. The van der Waals surface area contributed by atoms with E-state index in [9.17, 15) is 0 Å². The zero-order valence-corrected chi connectivity index (χ0v) is 10.8. The van der Waals surface area contributed by atoms with Crippen LogP contribution in [-0.4, -0.2) is 28.5 Å². The number of hydrogen-bond acceptors (Lipinski definition) is 5. The van der Waals surface area contributed by atoms with Crippen LogP contribution in [0.25, 0.3) is 0 Å². The molecular weight excluding hydrogens is 240 g/mol. The van der Waals surface area contributed by atoms with Crippen LogP contribution in [-0.2, 0) is 6.54 Å². The second kappa shape index (κ2) is 6.40. The topological polar surface area (TPSA) is 80.6 Å². The molecule has 0 aliphatic carbocycles. The van der Waals surface area contributed by atoms with E-state index >= 15 is 0 Å². The molecule has 2 N–H and O–H groups in total. The summed E-state index contributed by atoms with van der Waals surface area (Å²) in [6, 6.07) is 7.96. The standard InChI is InChI=1S/C13H16N6/c1-19(9-11-4-2-6-15-11)13-8-12(17-10-18-13)16-7-3-5-14/h2,4,6,8,10,15H,3,7,9H2,1H3,(H,16,17,18). The largest absolute Gasteiger partial charge is 0.369 e. The Balaban J connectivity index is 1.99. The molecule has 0 saturated heterocycles. The number of anilines is 2. The van der Waals surface area contributed by atoms with Crippen LogP contribution < -0.4 is 10.2 Å². The summed E-state index contributed by atoms with van der Waals surface area (Å²) in [5.74, 6) is 1.57. The zero-order valence-electron chi connectivity index (χ0n) is 10.8. The van der Waals surface area contributed by atoms with Crippen LogP contribution in [0.3, 0.4) is 0 Å². The van der Waals surface area contributed by atoms with Crippen LogP contribution >= 0.6 is 0 Å². The van der Waals surface area contributed by atoms with E-state index in [1.54, 1.807) is 0 Å². The molecule has 2 heterocycles. The van der Waals surface area contributed by atoms with Crippen molar-refractivity contribution in [3.63, 3.8) is 0 Å². The molecule has 2 aromatic heterocycles. The summed E-state index contributed by atoms with van der Waals surface area (Å²) >= 11 is 0. The fourth-order valence-corrected chi connectivity index (χ4v) is 1.70. The fourth-order valence-electron chi connectivity index (χ4n) is 1.70. The monoisotopic (exact) mass is 256 g/mol. The van der Waals surface area contributed by atoms with Crippen LogP contribution in [0, 0.1) is 11.3 Å². The van der Waals surface area contributed by atoms with Gasteiger partial charge in [0.2, 0.25) is 0 Å². The van der Waals surface area contributed by atoms with Gasteiger partial charge in [-0.1, -0.05) is 0 Å². The molecule has 2 aromatic rings. The van der Waals surface area contributed by atoms with Crippen LogP contribution in [0.5, 0.6) is 0 Å². The van der Waals surface area contributed by atoms with Crippen molar-refractivity contribution >= 4 is 11.6 Å². The van der Waals surface area contributed by atoms with Crippen LogP contribution in [0.4, 0.5) is 11.6 Å². The minimum absolute atomic E-state index is 0.456. The van der Waals surface area contributed by atoms with Crippen LogP contribution in [0.1, 0.15) is 12.1 Å². The number of hydrogen-bond donors (Lipinski definition) is 2. The number of nitrogens with zero attached hydrogens (tertiary/aromatic N) is 4. The van der Waals surface area contributed by atoms with Gasteiger partial charge in [-0.05, 0) is 12.1 Å². The molecule has 0 radical (unpaired) electrons. The summed E-state index contributed by atoms with van der Waals surface area (Å²) in [4.78, 5) is 13.6. The summed E-state index contributed by atoms with van der Waals surface area (Å²) < 4.78 is 0. The summed E-state index contributed by atoms with van der Waals surface area (Å²) in [7, 11) is 1.97. The van der Waals surface area contributed by atoms with E-state index in [0.29, 0.717) is 13.0 Å². The van der Waals surface area contributed by atoms with Crippen molar-refractivity contribution in [1.29, 1.82) is 5.26 Å². The number of rotatable bonds is 6. The van der Waals surface area contributed by atoms with Gasteiger partial charge in [0.05, 0.1) is 19.0 Å². The molecule has 6 heteroatoms. The number of H-pyrrole nitrogens is 1. The first kappa shape index (κ1) is 12.9. The molecule has 98 valence electrons. The van der Waals surface area contributed by atoms with Crippen molar-refractivity contribution in [2.45, 2.75) is 13.0 Å². The molecule has 0 saturated carbocycles. The first-order chi connectivity index (χ1) is 9.29. The van der Waals surface area contributed by atoms with Crippen molar-refractivity contribution in [3.8, 4) is 6.07 Å². The summed E-state index contributed by atoms with van der Waals surface area (Å²) in [6.45, 7) is 1.34. The highest BCUT2D eigenvalue weighted by molar-refractivity contribution is 5.48. The van der Waals surface area contributed by atoms with E-state index in [2.05, 4.69) is 26.3 Å². The zero-order chi connectivity index (χ0) is 13.5. The highest BCUT2D eigenvalue weighted by atomic mass is 15.2. The van der Waals surface area contributed by atoms with Crippen molar-refractivity contribution < 1.29 is 0 Å². The second-order valence-electron chi connectivity index (χ2n) is 4.15. The lowest BCUT2D eigenvalue weighted by Gasteiger charge is -2.17. The van der Waals surface area contributed by atoms with E-state index < -0.39 is 0 Å². The highest BCUT2D eigenvalue weighted by Crippen LogP contribution is 2.14. The normalized spacial score (nSPS) is 9.89. The van der Waals surface area contributed by atoms with Crippen LogP contribution in [0.2, 0.25) is 0 Å². The minimum atomic E-state index is 0.456. The van der Waals surface area contributed by atoms with Crippen LogP contribution in [0.15, 0.2) is 30.7 Å². The summed E-state index contributed by atoms with van der Waals surface area (Å²) in [5, 5.41) is 11.6. The maximum Gasteiger partial charge on any atom is 0.134 e. The molecule has 0 fully saturated rings. The predicted molar refractivity (Wildman–Crippen MR) is 73.7 cm³/mol. The van der Waals surface area contributed by atoms with E-state index in [1.165, 1.54) is 6.33 Å². The Morgan fingerprint density at radius 1 is 1.47 bits per heavy atom.